The Labute approximate surface area is 112 Å². The molecule has 0 atom stereocenters. The topological polar surface area (TPSA) is 127 Å². The molecule has 0 radical (unpaired) electrons. The van der Waals surface area contributed by atoms with E-state index in [1.807, 2.05) is 13.8 Å². The largest absolute Gasteiger partial charge is 0.395 e. The fraction of sp³-hybridized carbons (Fsp3) is 0.583. The molecule has 106 valence electrons. The molecule has 1 rings (SSSR count). The fourth-order valence-electron chi connectivity index (χ4n) is 1.45. The minimum absolute atomic E-state index is 0.129. The molecule has 2 amide bonds. The summed E-state index contributed by atoms with van der Waals surface area (Å²) >= 11 is 0. The van der Waals surface area contributed by atoms with E-state index in [0.717, 1.165) is 5.69 Å². The Kier molecular flexibility index (Phi) is 4.18. The number of anilines is 1. The number of carbonyl (C=O) groups is 2. The number of aromatic nitrogens is 2. The van der Waals surface area contributed by atoms with E-state index in [-0.39, 0.29) is 18.2 Å². The summed E-state index contributed by atoms with van der Waals surface area (Å²) < 4.78 is 0. The maximum absolute atomic E-state index is 11.9. The maximum Gasteiger partial charge on any atom is 0.273 e. The van der Waals surface area contributed by atoms with Crippen LogP contribution in [-0.4, -0.2) is 28.6 Å². The van der Waals surface area contributed by atoms with Crippen LogP contribution in [0, 0.1) is 5.41 Å². The summed E-state index contributed by atoms with van der Waals surface area (Å²) in [6, 6.07) is 0. The van der Waals surface area contributed by atoms with Crippen LogP contribution in [0.4, 0.5) is 5.69 Å². The van der Waals surface area contributed by atoms with E-state index < -0.39 is 17.2 Å². The number of hydrogen-bond donors (Lipinski definition) is 4. The summed E-state index contributed by atoms with van der Waals surface area (Å²) in [5, 5.41) is 9.26. The van der Waals surface area contributed by atoms with Gasteiger partial charge in [-0.3, -0.25) is 14.7 Å². The average molecular weight is 267 g/mol. The van der Waals surface area contributed by atoms with Gasteiger partial charge < -0.3 is 16.8 Å². The van der Waals surface area contributed by atoms with E-state index in [4.69, 9.17) is 11.5 Å². The van der Waals surface area contributed by atoms with Gasteiger partial charge in [-0.2, -0.15) is 5.10 Å². The number of aromatic amines is 1. The summed E-state index contributed by atoms with van der Waals surface area (Å²) in [6.07, 6.45) is 0. The second-order valence-electron chi connectivity index (χ2n) is 5.49. The van der Waals surface area contributed by atoms with Crippen molar-refractivity contribution in [3.05, 3.63) is 11.4 Å². The highest BCUT2D eigenvalue weighted by Crippen LogP contribution is 2.22. The lowest BCUT2D eigenvalue weighted by Crippen LogP contribution is -2.42. The van der Waals surface area contributed by atoms with Gasteiger partial charge in [0.05, 0.1) is 16.8 Å². The molecule has 0 unspecified atom stereocenters. The molecule has 19 heavy (non-hydrogen) atoms. The number of hydrogen-bond acceptors (Lipinski definition) is 4. The molecule has 0 bridgehead atoms. The van der Waals surface area contributed by atoms with E-state index >= 15 is 0 Å². The first-order chi connectivity index (χ1) is 8.66. The molecule has 0 aliphatic carbocycles. The summed E-state index contributed by atoms with van der Waals surface area (Å²) in [7, 11) is 0. The molecule has 0 fully saturated rings. The Hall–Kier alpha value is -2.05. The van der Waals surface area contributed by atoms with Gasteiger partial charge in [0, 0.05) is 6.54 Å². The second-order valence-corrected chi connectivity index (χ2v) is 5.49. The van der Waals surface area contributed by atoms with E-state index in [1.165, 1.54) is 0 Å². The van der Waals surface area contributed by atoms with Crippen molar-refractivity contribution in [1.82, 2.24) is 15.5 Å². The highest BCUT2D eigenvalue weighted by molar-refractivity contribution is 5.98. The van der Waals surface area contributed by atoms with Crippen LogP contribution in [0.1, 0.15) is 49.8 Å². The number of H-pyrrole nitrogens is 1. The van der Waals surface area contributed by atoms with Gasteiger partial charge in [-0.05, 0) is 19.8 Å². The molecule has 1 aromatic rings. The van der Waals surface area contributed by atoms with Crippen LogP contribution in [0.15, 0.2) is 0 Å². The third-order valence-electron chi connectivity index (χ3n) is 2.98. The summed E-state index contributed by atoms with van der Waals surface area (Å²) in [5.41, 5.74) is 11.5. The van der Waals surface area contributed by atoms with Crippen LogP contribution in [-0.2, 0) is 4.79 Å². The van der Waals surface area contributed by atoms with Crippen molar-refractivity contribution in [3.8, 4) is 0 Å². The first-order valence-electron chi connectivity index (χ1n) is 6.08. The number of amides is 2. The highest BCUT2D eigenvalue weighted by Gasteiger charge is 2.27. The number of carbonyl (C=O) groups excluding carboxylic acids is 2. The molecule has 7 heteroatoms. The lowest BCUT2D eigenvalue weighted by molar-refractivity contribution is -0.125. The average Bonchev–Trinajstić information content (AvgIpc) is 2.68. The Bertz CT molecular complexity index is 490. The Morgan fingerprint density at radius 2 is 2.00 bits per heavy atom. The molecule has 1 heterocycles. The van der Waals surface area contributed by atoms with E-state index in [2.05, 4.69) is 15.5 Å². The molecule has 7 nitrogen and oxygen atoms in total. The van der Waals surface area contributed by atoms with Gasteiger partial charge in [-0.1, -0.05) is 13.8 Å². The Balaban J connectivity index is 2.78. The van der Waals surface area contributed by atoms with Crippen molar-refractivity contribution in [2.45, 2.75) is 33.6 Å². The van der Waals surface area contributed by atoms with Gasteiger partial charge in [-0.15, -0.1) is 0 Å². The first kappa shape index (κ1) is 15.0. The van der Waals surface area contributed by atoms with E-state index in [1.54, 1.807) is 13.8 Å². The molecule has 0 spiro atoms. The SMILES string of the molecule is CC(C)c1[nH]nc(C(=O)NCC(C)(C)C(N)=O)c1N. The third-order valence-corrected chi connectivity index (χ3v) is 2.98. The summed E-state index contributed by atoms with van der Waals surface area (Å²) in [5.74, 6) is -0.753. The molecule has 0 saturated carbocycles. The number of nitrogens with two attached hydrogens (primary N) is 2. The van der Waals surface area contributed by atoms with Gasteiger partial charge in [0.2, 0.25) is 5.91 Å². The molecule has 0 aliphatic rings. The van der Waals surface area contributed by atoms with Crippen molar-refractivity contribution < 1.29 is 9.59 Å². The van der Waals surface area contributed by atoms with Gasteiger partial charge in [0.15, 0.2) is 5.69 Å². The monoisotopic (exact) mass is 267 g/mol. The highest BCUT2D eigenvalue weighted by atomic mass is 16.2. The zero-order valence-electron chi connectivity index (χ0n) is 11.7. The van der Waals surface area contributed by atoms with Crippen molar-refractivity contribution >= 4 is 17.5 Å². The van der Waals surface area contributed by atoms with Crippen LogP contribution in [0.3, 0.4) is 0 Å². The summed E-state index contributed by atoms with van der Waals surface area (Å²) in [4.78, 5) is 23.1. The Morgan fingerprint density at radius 1 is 1.42 bits per heavy atom. The molecule has 1 aromatic heterocycles. The lowest BCUT2D eigenvalue weighted by atomic mass is 9.93. The fourth-order valence-corrected chi connectivity index (χ4v) is 1.45. The normalized spacial score (nSPS) is 11.6. The van der Waals surface area contributed by atoms with Crippen LogP contribution in [0.5, 0.6) is 0 Å². The predicted molar refractivity (Wildman–Crippen MR) is 72.4 cm³/mol. The molecular weight excluding hydrogens is 246 g/mol. The van der Waals surface area contributed by atoms with Gasteiger partial charge in [-0.25, -0.2) is 0 Å². The zero-order valence-corrected chi connectivity index (χ0v) is 11.7. The van der Waals surface area contributed by atoms with E-state index in [0.29, 0.717) is 5.69 Å². The van der Waals surface area contributed by atoms with Crippen LogP contribution in [0.2, 0.25) is 0 Å². The van der Waals surface area contributed by atoms with Crippen LogP contribution in [0.25, 0.3) is 0 Å². The smallest absolute Gasteiger partial charge is 0.273 e. The number of nitrogens with zero attached hydrogens (tertiary/aromatic N) is 1. The lowest BCUT2D eigenvalue weighted by Gasteiger charge is -2.20. The summed E-state index contributed by atoms with van der Waals surface area (Å²) in [6.45, 7) is 7.33. The van der Waals surface area contributed by atoms with Gasteiger partial charge in [0.25, 0.3) is 5.91 Å². The standard InChI is InChI=1S/C12H21N5O2/c1-6(2)8-7(13)9(17-16-8)10(18)15-5-12(3,4)11(14)19/h6H,5,13H2,1-4H3,(H2,14,19)(H,15,18)(H,16,17). The first-order valence-corrected chi connectivity index (χ1v) is 6.08. The molecule has 0 aliphatic heterocycles. The molecule has 0 aromatic carbocycles. The molecule has 6 N–H and O–H groups in total. The van der Waals surface area contributed by atoms with Gasteiger partial charge >= 0.3 is 0 Å². The van der Waals surface area contributed by atoms with Crippen molar-refractivity contribution in [1.29, 1.82) is 0 Å². The van der Waals surface area contributed by atoms with Crippen molar-refractivity contribution in [3.63, 3.8) is 0 Å². The number of nitrogen functional groups attached to an aromatic ring is 1. The second kappa shape index (κ2) is 5.29. The number of primary amides is 1. The number of rotatable bonds is 5. The van der Waals surface area contributed by atoms with Crippen LogP contribution < -0.4 is 16.8 Å². The van der Waals surface area contributed by atoms with Crippen molar-refractivity contribution in [2.75, 3.05) is 12.3 Å². The van der Waals surface area contributed by atoms with Gasteiger partial charge in [0.1, 0.15) is 0 Å². The van der Waals surface area contributed by atoms with Crippen molar-refractivity contribution in [2.24, 2.45) is 11.1 Å². The third kappa shape index (κ3) is 3.24. The maximum atomic E-state index is 11.9. The van der Waals surface area contributed by atoms with Crippen LogP contribution >= 0.6 is 0 Å². The molecular formula is C12H21N5O2. The number of nitrogens with one attached hydrogen (secondary N) is 2. The Morgan fingerprint density at radius 3 is 2.42 bits per heavy atom. The molecule has 0 saturated heterocycles. The van der Waals surface area contributed by atoms with E-state index in [9.17, 15) is 9.59 Å². The minimum atomic E-state index is -0.818. The predicted octanol–water partition coefficient (Wildman–Crippen LogP) is 0.357. The zero-order chi connectivity index (χ0) is 14.8. The quantitative estimate of drug-likeness (QED) is 0.614. The minimum Gasteiger partial charge on any atom is -0.395 e.